The average Bonchev–Trinajstić information content (AvgIpc) is 2.76. The second-order valence-corrected chi connectivity index (χ2v) is 9.31. The number of likely N-dealkylation sites (tertiary alicyclic amines) is 1. The van der Waals surface area contributed by atoms with Crippen LogP contribution in [0.2, 0.25) is 0 Å². The number of para-hydroxylation sites is 1. The van der Waals surface area contributed by atoms with Crippen LogP contribution in [-0.2, 0) is 30.4 Å². The van der Waals surface area contributed by atoms with Gasteiger partial charge in [-0.2, -0.15) is 0 Å². The highest BCUT2D eigenvalue weighted by Crippen LogP contribution is 2.32. The fourth-order valence-electron chi connectivity index (χ4n) is 3.24. The van der Waals surface area contributed by atoms with E-state index >= 15 is 0 Å². The molecular weight excluding hydrogens is 444 g/mol. The van der Waals surface area contributed by atoms with Crippen LogP contribution >= 0.6 is 0 Å². The van der Waals surface area contributed by atoms with Crippen molar-refractivity contribution < 1.29 is 33.5 Å². The number of esters is 2. The molecule has 0 bridgehead atoms. The lowest BCUT2D eigenvalue weighted by Gasteiger charge is -2.41. The molecule has 1 aromatic rings. The van der Waals surface area contributed by atoms with E-state index < -0.39 is 40.1 Å². The van der Waals surface area contributed by atoms with Gasteiger partial charge in [-0.05, 0) is 53.5 Å². The van der Waals surface area contributed by atoms with Crippen molar-refractivity contribution in [2.75, 3.05) is 13.1 Å². The van der Waals surface area contributed by atoms with Crippen molar-refractivity contribution in [2.45, 2.75) is 65.3 Å². The molecule has 0 spiro atoms. The summed E-state index contributed by atoms with van der Waals surface area (Å²) in [5.74, 6) is -1.43. The van der Waals surface area contributed by atoms with Crippen LogP contribution in [0.4, 0.5) is 10.5 Å². The summed E-state index contributed by atoms with van der Waals surface area (Å²) in [6, 6.07) is 6.06. The molecule has 0 aliphatic carbocycles. The van der Waals surface area contributed by atoms with Gasteiger partial charge in [-0.1, -0.05) is 18.7 Å². The third-order valence-electron chi connectivity index (χ3n) is 6.13. The molecule has 0 N–H and O–H groups in total. The summed E-state index contributed by atoms with van der Waals surface area (Å²) in [7, 11) is 0. The highest BCUT2D eigenvalue weighted by atomic mass is 16.6. The normalized spacial score (nSPS) is 14.8. The van der Waals surface area contributed by atoms with E-state index in [0.29, 0.717) is 18.4 Å². The van der Waals surface area contributed by atoms with Gasteiger partial charge in [0.2, 0.25) is 0 Å². The first-order valence-electron chi connectivity index (χ1n) is 11.0. The zero-order valence-corrected chi connectivity index (χ0v) is 20.3. The second kappa shape index (κ2) is 10.7. The maximum atomic E-state index is 12.8. The Kier molecular flexibility index (Phi) is 8.41. The number of hydrogen-bond donors (Lipinski definition) is 0. The highest BCUT2D eigenvalue weighted by Gasteiger charge is 2.45. The van der Waals surface area contributed by atoms with Crippen LogP contribution in [0.25, 0.3) is 0 Å². The molecule has 186 valence electrons. The van der Waals surface area contributed by atoms with E-state index in [0.717, 1.165) is 0 Å². The Morgan fingerprint density at radius 3 is 2.21 bits per heavy atom. The van der Waals surface area contributed by atoms with Crippen LogP contribution in [0.15, 0.2) is 36.4 Å². The predicted octanol–water partition coefficient (Wildman–Crippen LogP) is 4.16. The number of piperidine rings is 1. The number of amides is 1. The summed E-state index contributed by atoms with van der Waals surface area (Å²) in [5.41, 5.74) is -1.76. The molecule has 34 heavy (non-hydrogen) atoms. The van der Waals surface area contributed by atoms with Crippen LogP contribution in [0.1, 0.15) is 53.0 Å². The topological polar surface area (TPSA) is 125 Å². The Bertz CT molecular complexity index is 961. The van der Waals surface area contributed by atoms with Crippen LogP contribution in [-0.4, -0.2) is 52.1 Å². The quantitative estimate of drug-likeness (QED) is 0.180. The molecule has 1 heterocycles. The average molecular weight is 477 g/mol. The Balaban J connectivity index is 1.88. The van der Waals surface area contributed by atoms with Crippen molar-refractivity contribution in [2.24, 2.45) is 5.92 Å². The summed E-state index contributed by atoms with van der Waals surface area (Å²) in [5, 5.41) is 11.1. The molecule has 1 fully saturated rings. The number of nitrogens with zero attached hydrogens (tertiary/aromatic N) is 2. The Morgan fingerprint density at radius 2 is 1.65 bits per heavy atom. The second-order valence-electron chi connectivity index (χ2n) is 9.31. The Labute approximate surface area is 199 Å². The molecule has 10 nitrogen and oxygen atoms in total. The molecule has 0 radical (unpaired) electrons. The zero-order chi connectivity index (χ0) is 25.7. The fraction of sp³-hybridized carbons (Fsp3) is 0.542. The summed E-state index contributed by atoms with van der Waals surface area (Å²) < 4.78 is 16.4. The molecule has 10 heteroatoms. The first kappa shape index (κ1) is 26.8. The number of nitro groups is 1. The van der Waals surface area contributed by atoms with Crippen LogP contribution in [0, 0.1) is 16.0 Å². The third-order valence-corrected chi connectivity index (χ3v) is 6.13. The van der Waals surface area contributed by atoms with Crippen molar-refractivity contribution in [1.82, 2.24) is 4.90 Å². The molecule has 0 saturated carbocycles. The SMILES string of the molecule is C=C(C)C(=O)OC(C)(C)C(C)(C)OC(=O)C1CCN(C(=O)OCc2ccccc2[N+](=O)[O-])CC1. The van der Waals surface area contributed by atoms with Gasteiger partial charge in [0.1, 0.15) is 17.8 Å². The number of carbonyl (C=O) groups excluding carboxylic acids is 3. The van der Waals surface area contributed by atoms with E-state index in [1.165, 1.54) is 24.0 Å². The summed E-state index contributed by atoms with van der Waals surface area (Å²) in [6.07, 6.45) is 0.154. The van der Waals surface area contributed by atoms with Crippen molar-refractivity contribution in [3.8, 4) is 0 Å². The third kappa shape index (κ3) is 6.55. The molecule has 0 atom stereocenters. The number of hydrogen-bond acceptors (Lipinski definition) is 8. The molecule has 2 rings (SSSR count). The van der Waals surface area contributed by atoms with Crippen molar-refractivity contribution in [3.63, 3.8) is 0 Å². The van der Waals surface area contributed by atoms with E-state index in [9.17, 15) is 24.5 Å². The number of benzene rings is 1. The van der Waals surface area contributed by atoms with Gasteiger partial charge >= 0.3 is 18.0 Å². The minimum Gasteiger partial charge on any atom is -0.455 e. The summed E-state index contributed by atoms with van der Waals surface area (Å²) >= 11 is 0. The van der Waals surface area contributed by atoms with Gasteiger partial charge in [0.15, 0.2) is 0 Å². The maximum absolute atomic E-state index is 12.8. The van der Waals surface area contributed by atoms with Gasteiger partial charge in [0.05, 0.1) is 16.4 Å². The minimum absolute atomic E-state index is 0.115. The van der Waals surface area contributed by atoms with Gasteiger partial charge in [-0.25, -0.2) is 9.59 Å². The van der Waals surface area contributed by atoms with Gasteiger partial charge < -0.3 is 19.1 Å². The zero-order valence-electron chi connectivity index (χ0n) is 20.3. The largest absolute Gasteiger partial charge is 0.455 e. The van der Waals surface area contributed by atoms with Crippen LogP contribution < -0.4 is 0 Å². The smallest absolute Gasteiger partial charge is 0.410 e. The minimum atomic E-state index is -1.10. The van der Waals surface area contributed by atoms with Crippen molar-refractivity contribution in [1.29, 1.82) is 0 Å². The fourth-order valence-corrected chi connectivity index (χ4v) is 3.24. The van der Waals surface area contributed by atoms with Gasteiger partial charge in [0, 0.05) is 24.7 Å². The Morgan fingerprint density at radius 1 is 1.09 bits per heavy atom. The maximum Gasteiger partial charge on any atom is 0.410 e. The number of rotatable bonds is 8. The van der Waals surface area contributed by atoms with E-state index in [1.54, 1.807) is 39.8 Å². The standard InChI is InChI=1S/C24H32N2O8/c1-16(2)20(27)33-23(3,4)24(5,6)34-21(28)17-11-13-25(14-12-17)22(29)32-15-18-9-7-8-10-19(18)26(30)31/h7-10,17H,1,11-15H2,2-6H3. The van der Waals surface area contributed by atoms with E-state index in [1.807, 2.05) is 0 Å². The lowest BCUT2D eigenvalue weighted by molar-refractivity contribution is -0.385. The van der Waals surface area contributed by atoms with Gasteiger partial charge in [-0.15, -0.1) is 0 Å². The van der Waals surface area contributed by atoms with Crippen LogP contribution in [0.5, 0.6) is 0 Å². The molecule has 0 unspecified atom stereocenters. The van der Waals surface area contributed by atoms with E-state index in [4.69, 9.17) is 14.2 Å². The predicted molar refractivity (Wildman–Crippen MR) is 123 cm³/mol. The monoisotopic (exact) mass is 476 g/mol. The molecule has 1 aliphatic heterocycles. The molecule has 1 saturated heterocycles. The van der Waals surface area contributed by atoms with Crippen LogP contribution in [0.3, 0.4) is 0 Å². The lowest BCUT2D eigenvalue weighted by atomic mass is 9.88. The summed E-state index contributed by atoms with van der Waals surface area (Å²) in [6.45, 7) is 12.1. The number of ether oxygens (including phenoxy) is 3. The molecule has 1 aliphatic rings. The van der Waals surface area contributed by atoms with Gasteiger partial charge in [0.25, 0.3) is 5.69 Å². The summed E-state index contributed by atoms with van der Waals surface area (Å²) in [4.78, 5) is 49.2. The number of carbonyl (C=O) groups is 3. The highest BCUT2D eigenvalue weighted by molar-refractivity contribution is 5.87. The molecular formula is C24H32N2O8. The lowest BCUT2D eigenvalue weighted by Crippen LogP contribution is -2.52. The van der Waals surface area contributed by atoms with E-state index in [2.05, 4.69) is 6.58 Å². The van der Waals surface area contributed by atoms with E-state index in [-0.39, 0.29) is 31.0 Å². The molecule has 1 aromatic carbocycles. The van der Waals surface area contributed by atoms with Gasteiger partial charge in [-0.3, -0.25) is 14.9 Å². The van der Waals surface area contributed by atoms with Crippen molar-refractivity contribution in [3.05, 3.63) is 52.1 Å². The Hall–Kier alpha value is -3.43. The number of nitro benzene ring substituents is 1. The van der Waals surface area contributed by atoms with Crippen molar-refractivity contribution >= 4 is 23.7 Å². The molecule has 1 amide bonds. The molecule has 0 aromatic heterocycles. The first-order chi connectivity index (χ1) is 15.7. The first-order valence-corrected chi connectivity index (χ1v) is 11.0.